The number of rotatable bonds is 5. The summed E-state index contributed by atoms with van der Waals surface area (Å²) >= 11 is 0. The minimum absolute atomic E-state index is 0.113. The number of fused-ring (bicyclic) bond motifs is 1. The molecule has 0 saturated carbocycles. The molecule has 0 amide bonds. The summed E-state index contributed by atoms with van der Waals surface area (Å²) in [5, 5.41) is 0. The molecule has 0 radical (unpaired) electrons. The van der Waals surface area contributed by atoms with Crippen molar-refractivity contribution in [3.63, 3.8) is 0 Å². The quantitative estimate of drug-likeness (QED) is 0.468. The smallest absolute Gasteiger partial charge is 0.290 e. The van der Waals surface area contributed by atoms with E-state index < -0.39 is 5.56 Å². The number of halogens is 1. The fourth-order valence-electron chi connectivity index (χ4n) is 4.26. The lowest BCUT2D eigenvalue weighted by molar-refractivity contribution is 0.198. The van der Waals surface area contributed by atoms with Gasteiger partial charge in [-0.2, -0.15) is 0 Å². The van der Waals surface area contributed by atoms with Crippen LogP contribution >= 0.6 is 0 Å². The maximum atomic E-state index is 13.3. The van der Waals surface area contributed by atoms with Crippen LogP contribution in [0.2, 0.25) is 0 Å². The van der Waals surface area contributed by atoms with Crippen LogP contribution in [0.25, 0.3) is 11.0 Å². The van der Waals surface area contributed by atoms with E-state index >= 15 is 0 Å². The molecule has 34 heavy (non-hydrogen) atoms. The SMILES string of the molecule is CC(c1ccc(F)cc1)N1CCN(c2ccnc(Oc3cccc4[nH]c(=O)c(N)nc34)c2)CC1. The largest absolute Gasteiger partial charge is 0.437 e. The summed E-state index contributed by atoms with van der Waals surface area (Å²) in [5.74, 6) is 0.562. The number of ether oxygens (including phenoxy) is 1. The van der Waals surface area contributed by atoms with E-state index in [1.54, 1.807) is 24.4 Å². The standard InChI is InChI=1S/C25H25FN6O2/c1-16(17-5-7-18(26)8-6-17)31-11-13-32(14-12-31)19-9-10-28-22(15-19)34-21-4-2-3-20-23(21)30-24(27)25(33)29-20/h2-10,15-16H,11-14H2,1H3,(H2,27,30)(H,29,33). The van der Waals surface area contributed by atoms with Crippen LogP contribution < -0.4 is 20.9 Å². The number of aromatic nitrogens is 3. The molecule has 3 N–H and O–H groups in total. The van der Waals surface area contributed by atoms with Crippen LogP contribution in [0.5, 0.6) is 11.6 Å². The van der Waals surface area contributed by atoms with Crippen molar-refractivity contribution in [2.75, 3.05) is 36.8 Å². The molecule has 1 unspecified atom stereocenters. The highest BCUT2D eigenvalue weighted by Gasteiger charge is 2.23. The highest BCUT2D eigenvalue weighted by Crippen LogP contribution is 2.29. The molecule has 1 saturated heterocycles. The van der Waals surface area contributed by atoms with Gasteiger partial charge in [-0.15, -0.1) is 0 Å². The number of hydrogen-bond acceptors (Lipinski definition) is 7. The van der Waals surface area contributed by atoms with Gasteiger partial charge in [-0.25, -0.2) is 14.4 Å². The zero-order chi connectivity index (χ0) is 23.7. The lowest BCUT2D eigenvalue weighted by Gasteiger charge is -2.39. The number of anilines is 2. The molecule has 174 valence electrons. The van der Waals surface area contributed by atoms with E-state index in [0.717, 1.165) is 37.4 Å². The Hall–Kier alpha value is -3.98. The van der Waals surface area contributed by atoms with Crippen LogP contribution in [0.15, 0.2) is 65.6 Å². The number of H-pyrrole nitrogens is 1. The van der Waals surface area contributed by atoms with E-state index in [1.165, 1.54) is 12.1 Å². The van der Waals surface area contributed by atoms with Crippen LogP contribution in [-0.4, -0.2) is 46.0 Å². The van der Waals surface area contributed by atoms with Gasteiger partial charge < -0.3 is 20.4 Å². The molecule has 0 aliphatic carbocycles. The van der Waals surface area contributed by atoms with Gasteiger partial charge in [0.15, 0.2) is 11.6 Å². The molecule has 8 nitrogen and oxygen atoms in total. The third-order valence-corrected chi connectivity index (χ3v) is 6.22. The topological polar surface area (TPSA) is 100 Å². The first-order chi connectivity index (χ1) is 16.5. The average molecular weight is 461 g/mol. The van der Waals surface area contributed by atoms with E-state index in [2.05, 4.69) is 31.7 Å². The minimum atomic E-state index is -0.433. The molecular formula is C25H25FN6O2. The molecule has 0 spiro atoms. The van der Waals surface area contributed by atoms with Crippen molar-refractivity contribution in [2.45, 2.75) is 13.0 Å². The molecule has 2 aromatic heterocycles. The van der Waals surface area contributed by atoms with Gasteiger partial charge in [0.1, 0.15) is 11.3 Å². The summed E-state index contributed by atoms with van der Waals surface area (Å²) in [6.45, 7) is 5.62. The summed E-state index contributed by atoms with van der Waals surface area (Å²) < 4.78 is 19.3. The van der Waals surface area contributed by atoms with E-state index in [4.69, 9.17) is 10.5 Å². The number of nitrogen functional groups attached to an aromatic ring is 1. The predicted octanol–water partition coefficient (Wildman–Crippen LogP) is 3.71. The van der Waals surface area contributed by atoms with Crippen molar-refractivity contribution >= 4 is 22.5 Å². The first-order valence-electron chi connectivity index (χ1n) is 11.1. The van der Waals surface area contributed by atoms with Crippen LogP contribution in [0.3, 0.4) is 0 Å². The van der Waals surface area contributed by atoms with Crippen LogP contribution in [0.4, 0.5) is 15.9 Å². The Morgan fingerprint density at radius 3 is 2.62 bits per heavy atom. The highest BCUT2D eigenvalue weighted by molar-refractivity contribution is 5.82. The van der Waals surface area contributed by atoms with Gasteiger partial charge in [0.2, 0.25) is 5.88 Å². The van der Waals surface area contributed by atoms with Crippen molar-refractivity contribution in [1.82, 2.24) is 19.9 Å². The lowest BCUT2D eigenvalue weighted by Crippen LogP contribution is -2.47. The van der Waals surface area contributed by atoms with Crippen LogP contribution in [-0.2, 0) is 0 Å². The average Bonchev–Trinajstić information content (AvgIpc) is 2.86. The fraction of sp³-hybridized carbons (Fsp3) is 0.240. The second-order valence-electron chi connectivity index (χ2n) is 8.31. The molecule has 1 aliphatic rings. The Balaban J connectivity index is 1.29. The normalized spacial score (nSPS) is 15.4. The number of piperazine rings is 1. The molecule has 1 aliphatic heterocycles. The number of nitrogens with one attached hydrogen (secondary N) is 1. The maximum absolute atomic E-state index is 13.3. The number of hydrogen-bond donors (Lipinski definition) is 2. The van der Waals surface area contributed by atoms with Gasteiger partial charge in [-0.1, -0.05) is 18.2 Å². The molecule has 0 bridgehead atoms. The van der Waals surface area contributed by atoms with Crippen LogP contribution in [0.1, 0.15) is 18.5 Å². The van der Waals surface area contributed by atoms with Gasteiger partial charge >= 0.3 is 0 Å². The summed E-state index contributed by atoms with van der Waals surface area (Å²) in [6, 6.07) is 16.1. The molecule has 4 aromatic rings. The molecule has 1 atom stereocenters. The number of nitrogens with zero attached hydrogens (tertiary/aromatic N) is 4. The summed E-state index contributed by atoms with van der Waals surface area (Å²) in [7, 11) is 0. The Labute approximate surface area is 195 Å². The van der Waals surface area contributed by atoms with E-state index in [-0.39, 0.29) is 17.7 Å². The van der Waals surface area contributed by atoms with Gasteiger partial charge in [-0.3, -0.25) is 9.69 Å². The Kier molecular flexibility index (Phi) is 5.85. The first kappa shape index (κ1) is 21.8. The Morgan fingerprint density at radius 1 is 1.09 bits per heavy atom. The lowest BCUT2D eigenvalue weighted by atomic mass is 10.1. The number of benzene rings is 2. The van der Waals surface area contributed by atoms with Gasteiger partial charge in [0.05, 0.1) is 5.52 Å². The third kappa shape index (κ3) is 4.42. The molecule has 1 fully saturated rings. The zero-order valence-electron chi connectivity index (χ0n) is 18.7. The third-order valence-electron chi connectivity index (χ3n) is 6.22. The summed E-state index contributed by atoms with van der Waals surface area (Å²) in [4.78, 5) is 27.7. The number of aromatic amines is 1. The van der Waals surface area contributed by atoms with Crippen LogP contribution in [0, 0.1) is 5.82 Å². The second-order valence-corrected chi connectivity index (χ2v) is 8.31. The summed E-state index contributed by atoms with van der Waals surface area (Å²) in [6.07, 6.45) is 1.72. The monoisotopic (exact) mass is 460 g/mol. The summed E-state index contributed by atoms with van der Waals surface area (Å²) in [5.41, 5.74) is 8.39. The maximum Gasteiger partial charge on any atom is 0.290 e. The molecule has 2 aromatic carbocycles. The highest BCUT2D eigenvalue weighted by atomic mass is 19.1. The van der Waals surface area contributed by atoms with Gasteiger partial charge in [0.25, 0.3) is 5.56 Å². The van der Waals surface area contributed by atoms with Crippen molar-refractivity contribution in [3.05, 3.63) is 82.5 Å². The van der Waals surface area contributed by atoms with Gasteiger partial charge in [-0.05, 0) is 42.8 Å². The van der Waals surface area contributed by atoms with E-state index in [1.807, 2.05) is 24.3 Å². The first-order valence-corrected chi connectivity index (χ1v) is 11.1. The van der Waals surface area contributed by atoms with E-state index in [9.17, 15) is 9.18 Å². The fourth-order valence-corrected chi connectivity index (χ4v) is 4.26. The van der Waals surface area contributed by atoms with Crippen molar-refractivity contribution in [2.24, 2.45) is 0 Å². The predicted molar refractivity (Wildman–Crippen MR) is 130 cm³/mol. The van der Waals surface area contributed by atoms with Crippen molar-refractivity contribution in [1.29, 1.82) is 0 Å². The molecule has 3 heterocycles. The second kappa shape index (κ2) is 9.11. The minimum Gasteiger partial charge on any atom is -0.437 e. The van der Waals surface area contributed by atoms with Crippen molar-refractivity contribution in [3.8, 4) is 11.6 Å². The van der Waals surface area contributed by atoms with Gasteiger partial charge in [0, 0.05) is 50.2 Å². The number of para-hydroxylation sites is 1. The Bertz CT molecular complexity index is 1370. The Morgan fingerprint density at radius 2 is 1.85 bits per heavy atom. The molecule has 9 heteroatoms. The zero-order valence-corrected chi connectivity index (χ0v) is 18.7. The number of nitrogens with two attached hydrogens (primary N) is 1. The molecule has 5 rings (SSSR count). The van der Waals surface area contributed by atoms with Crippen molar-refractivity contribution < 1.29 is 9.13 Å². The van der Waals surface area contributed by atoms with E-state index in [0.29, 0.717) is 22.7 Å². The molecular weight excluding hydrogens is 435 g/mol. The number of pyridine rings is 1.